The van der Waals surface area contributed by atoms with Gasteiger partial charge in [0.2, 0.25) is 0 Å². The molecule has 1 amide bonds. The summed E-state index contributed by atoms with van der Waals surface area (Å²) in [6.45, 7) is 1.90. The lowest BCUT2D eigenvalue weighted by atomic mass is 9.91. The average molecular weight is 233 g/mol. The van der Waals surface area contributed by atoms with Crippen LogP contribution in [0, 0.1) is 6.92 Å². The molecule has 17 heavy (non-hydrogen) atoms. The molecule has 0 radical (unpaired) electrons. The lowest BCUT2D eigenvalue weighted by Crippen LogP contribution is -2.49. The number of rotatable bonds is 2. The van der Waals surface area contributed by atoms with Crippen LogP contribution >= 0.6 is 0 Å². The van der Waals surface area contributed by atoms with Crippen molar-refractivity contribution in [3.8, 4) is 0 Å². The molecule has 3 N–H and O–H groups in total. The van der Waals surface area contributed by atoms with E-state index in [9.17, 15) is 4.79 Å². The summed E-state index contributed by atoms with van der Waals surface area (Å²) in [5.74, 6) is -0.0696. The quantitative estimate of drug-likeness (QED) is 0.811. The predicted octanol–water partition coefficient (Wildman–Crippen LogP) is 1.39. The molecule has 4 heteroatoms. The first-order valence-corrected chi connectivity index (χ1v) is 6.16. The van der Waals surface area contributed by atoms with Crippen molar-refractivity contribution in [1.82, 2.24) is 10.3 Å². The molecule has 92 valence electrons. The van der Waals surface area contributed by atoms with Gasteiger partial charge in [0.1, 0.15) is 0 Å². The van der Waals surface area contributed by atoms with Crippen LogP contribution < -0.4 is 11.1 Å². The zero-order valence-electron chi connectivity index (χ0n) is 10.1. The van der Waals surface area contributed by atoms with Gasteiger partial charge in [-0.05, 0) is 31.9 Å². The molecule has 2 unspecified atom stereocenters. The molecule has 0 saturated heterocycles. The van der Waals surface area contributed by atoms with E-state index in [2.05, 4.69) is 10.3 Å². The summed E-state index contributed by atoms with van der Waals surface area (Å²) >= 11 is 0. The Morgan fingerprint density at radius 1 is 1.41 bits per heavy atom. The Morgan fingerprint density at radius 3 is 2.82 bits per heavy atom. The zero-order chi connectivity index (χ0) is 12.3. The van der Waals surface area contributed by atoms with E-state index in [1.807, 2.05) is 13.0 Å². The fourth-order valence-corrected chi connectivity index (χ4v) is 2.19. The molecule has 0 aromatic carbocycles. The molecule has 2 atom stereocenters. The van der Waals surface area contributed by atoms with Gasteiger partial charge in [-0.1, -0.05) is 12.8 Å². The zero-order valence-corrected chi connectivity index (χ0v) is 10.1. The number of carbonyl (C=O) groups excluding carboxylic acids is 1. The van der Waals surface area contributed by atoms with E-state index < -0.39 is 0 Å². The van der Waals surface area contributed by atoms with Crippen molar-refractivity contribution in [2.24, 2.45) is 5.73 Å². The van der Waals surface area contributed by atoms with Crippen LogP contribution in [-0.2, 0) is 0 Å². The van der Waals surface area contributed by atoms with Gasteiger partial charge in [0, 0.05) is 24.0 Å². The molecule has 4 nitrogen and oxygen atoms in total. The number of pyridine rings is 1. The van der Waals surface area contributed by atoms with E-state index in [0.717, 1.165) is 25.0 Å². The second kappa shape index (κ2) is 5.27. The number of nitrogens with two attached hydrogens (primary N) is 1. The maximum atomic E-state index is 12.0. The minimum atomic E-state index is -0.0696. The van der Waals surface area contributed by atoms with Crippen molar-refractivity contribution in [3.05, 3.63) is 29.6 Å². The second-order valence-electron chi connectivity index (χ2n) is 4.72. The van der Waals surface area contributed by atoms with Crippen LogP contribution in [0.1, 0.15) is 41.7 Å². The van der Waals surface area contributed by atoms with E-state index in [4.69, 9.17) is 5.73 Å². The molecule has 0 aliphatic heterocycles. The van der Waals surface area contributed by atoms with Gasteiger partial charge in [0.05, 0.1) is 5.56 Å². The largest absolute Gasteiger partial charge is 0.348 e. The summed E-state index contributed by atoms with van der Waals surface area (Å²) in [5.41, 5.74) is 7.52. The molecule has 1 heterocycles. The lowest BCUT2D eigenvalue weighted by Gasteiger charge is -2.29. The molecule has 1 aromatic heterocycles. The van der Waals surface area contributed by atoms with E-state index in [0.29, 0.717) is 5.56 Å². The lowest BCUT2D eigenvalue weighted by molar-refractivity contribution is 0.0921. The van der Waals surface area contributed by atoms with Crippen molar-refractivity contribution in [2.45, 2.75) is 44.7 Å². The monoisotopic (exact) mass is 233 g/mol. The Labute approximate surface area is 102 Å². The van der Waals surface area contributed by atoms with Crippen molar-refractivity contribution in [2.75, 3.05) is 0 Å². The standard InChI is InChI=1S/C13H19N3O/c1-9-6-7-10(8-15-9)13(17)16-12-5-3-2-4-11(12)14/h6-8,11-12H,2-5,14H2,1H3,(H,16,17). The van der Waals surface area contributed by atoms with Gasteiger partial charge in [-0.3, -0.25) is 9.78 Å². The second-order valence-corrected chi connectivity index (χ2v) is 4.72. The molecule has 1 saturated carbocycles. The number of nitrogens with one attached hydrogen (secondary N) is 1. The molecular weight excluding hydrogens is 214 g/mol. The van der Waals surface area contributed by atoms with E-state index >= 15 is 0 Å². The normalized spacial score (nSPS) is 24.4. The highest BCUT2D eigenvalue weighted by Crippen LogP contribution is 2.17. The molecule has 2 rings (SSSR count). The maximum absolute atomic E-state index is 12.0. The number of hydrogen-bond acceptors (Lipinski definition) is 3. The van der Waals surface area contributed by atoms with Gasteiger partial charge in [0.15, 0.2) is 0 Å². The minimum absolute atomic E-state index is 0.0696. The molecule has 1 aliphatic rings. The van der Waals surface area contributed by atoms with Crippen LogP contribution in [0.25, 0.3) is 0 Å². The fraction of sp³-hybridized carbons (Fsp3) is 0.538. The Kier molecular flexibility index (Phi) is 3.74. The number of aromatic nitrogens is 1. The third kappa shape index (κ3) is 3.03. The van der Waals surface area contributed by atoms with Crippen LogP contribution in [0.3, 0.4) is 0 Å². The molecule has 1 aliphatic carbocycles. The summed E-state index contributed by atoms with van der Waals surface area (Å²) < 4.78 is 0. The molecule has 1 fully saturated rings. The Morgan fingerprint density at radius 2 is 2.18 bits per heavy atom. The van der Waals surface area contributed by atoms with E-state index in [1.54, 1.807) is 12.3 Å². The number of carbonyl (C=O) groups is 1. The van der Waals surface area contributed by atoms with Gasteiger partial charge in [0.25, 0.3) is 5.91 Å². The number of nitrogens with zero attached hydrogens (tertiary/aromatic N) is 1. The third-order valence-electron chi connectivity index (χ3n) is 3.31. The van der Waals surface area contributed by atoms with Gasteiger partial charge >= 0.3 is 0 Å². The maximum Gasteiger partial charge on any atom is 0.253 e. The van der Waals surface area contributed by atoms with E-state index in [-0.39, 0.29) is 18.0 Å². The summed E-state index contributed by atoms with van der Waals surface area (Å²) in [5, 5.41) is 3.00. The summed E-state index contributed by atoms with van der Waals surface area (Å²) in [4.78, 5) is 16.1. The third-order valence-corrected chi connectivity index (χ3v) is 3.31. The smallest absolute Gasteiger partial charge is 0.253 e. The van der Waals surface area contributed by atoms with Crippen molar-refractivity contribution in [1.29, 1.82) is 0 Å². The van der Waals surface area contributed by atoms with Crippen LogP contribution in [0.2, 0.25) is 0 Å². The Balaban J connectivity index is 1.98. The topological polar surface area (TPSA) is 68.0 Å². The van der Waals surface area contributed by atoms with Crippen molar-refractivity contribution in [3.63, 3.8) is 0 Å². The van der Waals surface area contributed by atoms with Gasteiger partial charge in [-0.2, -0.15) is 0 Å². The van der Waals surface area contributed by atoms with Crippen molar-refractivity contribution >= 4 is 5.91 Å². The molecule has 0 bridgehead atoms. The first-order valence-electron chi connectivity index (χ1n) is 6.16. The van der Waals surface area contributed by atoms with Crippen molar-refractivity contribution < 1.29 is 4.79 Å². The molecule has 1 aromatic rings. The van der Waals surface area contributed by atoms with E-state index in [1.165, 1.54) is 6.42 Å². The first-order chi connectivity index (χ1) is 8.16. The fourth-order valence-electron chi connectivity index (χ4n) is 2.19. The highest BCUT2D eigenvalue weighted by atomic mass is 16.1. The van der Waals surface area contributed by atoms with Crippen LogP contribution in [-0.4, -0.2) is 23.0 Å². The highest BCUT2D eigenvalue weighted by molar-refractivity contribution is 5.94. The van der Waals surface area contributed by atoms with Crippen LogP contribution in [0.5, 0.6) is 0 Å². The van der Waals surface area contributed by atoms with Gasteiger partial charge in [-0.15, -0.1) is 0 Å². The van der Waals surface area contributed by atoms with Gasteiger partial charge in [-0.25, -0.2) is 0 Å². The minimum Gasteiger partial charge on any atom is -0.348 e. The average Bonchev–Trinajstić information content (AvgIpc) is 2.33. The number of amides is 1. The summed E-state index contributed by atoms with van der Waals surface area (Å²) in [7, 11) is 0. The molecule has 0 spiro atoms. The summed E-state index contributed by atoms with van der Waals surface area (Å²) in [6.07, 6.45) is 5.90. The van der Waals surface area contributed by atoms with Crippen LogP contribution in [0.15, 0.2) is 18.3 Å². The predicted molar refractivity (Wildman–Crippen MR) is 66.7 cm³/mol. The van der Waals surface area contributed by atoms with Gasteiger partial charge < -0.3 is 11.1 Å². The Hall–Kier alpha value is -1.42. The highest BCUT2D eigenvalue weighted by Gasteiger charge is 2.23. The van der Waals surface area contributed by atoms with Crippen LogP contribution in [0.4, 0.5) is 0 Å². The Bertz CT molecular complexity index is 388. The summed E-state index contributed by atoms with van der Waals surface area (Å²) in [6, 6.07) is 3.84. The number of hydrogen-bond donors (Lipinski definition) is 2. The number of aryl methyl sites for hydroxylation is 1. The SMILES string of the molecule is Cc1ccc(C(=O)NC2CCCCC2N)cn1. The first kappa shape index (κ1) is 12.0. The molecular formula is C13H19N3O.